The van der Waals surface area contributed by atoms with Crippen molar-refractivity contribution >= 4 is 29.0 Å². The van der Waals surface area contributed by atoms with Gasteiger partial charge >= 0.3 is 6.03 Å². The molecule has 2 heterocycles. The lowest BCUT2D eigenvalue weighted by atomic mass is 10.1. The van der Waals surface area contributed by atoms with E-state index in [1.807, 2.05) is 12.1 Å². The first-order valence-corrected chi connectivity index (χ1v) is 7.27. The highest BCUT2D eigenvalue weighted by molar-refractivity contribution is 7.16. The Morgan fingerprint density at radius 2 is 2.39 bits per heavy atom. The second kappa shape index (κ2) is 6.97. The van der Waals surface area contributed by atoms with E-state index >= 15 is 0 Å². The highest BCUT2D eigenvalue weighted by Crippen LogP contribution is 2.21. The Hall–Kier alpha value is -0.780. The SMILES string of the molecule is O=C(NCCc1ccc(Cl)s1)NC[C@H]1CCOC1. The summed E-state index contributed by atoms with van der Waals surface area (Å²) in [4.78, 5) is 12.7. The number of ether oxygens (including phenoxy) is 1. The number of rotatable bonds is 5. The number of thiophene rings is 1. The Kier molecular flexibility index (Phi) is 5.28. The summed E-state index contributed by atoms with van der Waals surface area (Å²) >= 11 is 7.38. The van der Waals surface area contributed by atoms with Crippen molar-refractivity contribution < 1.29 is 9.53 Å². The molecule has 6 heteroatoms. The average molecular weight is 289 g/mol. The van der Waals surface area contributed by atoms with Gasteiger partial charge in [0, 0.05) is 30.5 Å². The Balaban J connectivity index is 1.57. The molecular weight excluding hydrogens is 272 g/mol. The van der Waals surface area contributed by atoms with E-state index in [0.29, 0.717) is 19.0 Å². The van der Waals surface area contributed by atoms with Crippen molar-refractivity contribution in [3.8, 4) is 0 Å². The van der Waals surface area contributed by atoms with E-state index in [1.165, 1.54) is 4.88 Å². The van der Waals surface area contributed by atoms with E-state index < -0.39 is 0 Å². The Bertz CT molecular complexity index is 391. The van der Waals surface area contributed by atoms with E-state index in [4.69, 9.17) is 16.3 Å². The Morgan fingerprint density at radius 3 is 3.06 bits per heavy atom. The van der Waals surface area contributed by atoms with Gasteiger partial charge in [-0.25, -0.2) is 4.79 Å². The van der Waals surface area contributed by atoms with Crippen LogP contribution >= 0.6 is 22.9 Å². The van der Waals surface area contributed by atoms with E-state index in [1.54, 1.807) is 11.3 Å². The van der Waals surface area contributed by atoms with Gasteiger partial charge in [0.25, 0.3) is 0 Å². The molecule has 0 aromatic carbocycles. The standard InChI is InChI=1S/C12H17ClN2O2S/c13-11-2-1-10(18-11)3-5-14-12(16)15-7-9-4-6-17-8-9/h1-2,9H,3-8H2,(H2,14,15,16)/t9-/m1/s1. The fourth-order valence-corrected chi connectivity index (χ4v) is 2.92. The van der Waals surface area contributed by atoms with E-state index in [-0.39, 0.29) is 6.03 Å². The summed E-state index contributed by atoms with van der Waals surface area (Å²) in [5, 5.41) is 5.70. The maximum absolute atomic E-state index is 11.5. The quantitative estimate of drug-likeness (QED) is 0.873. The minimum atomic E-state index is -0.107. The topological polar surface area (TPSA) is 50.4 Å². The van der Waals surface area contributed by atoms with Crippen molar-refractivity contribution in [1.82, 2.24) is 10.6 Å². The minimum absolute atomic E-state index is 0.107. The Morgan fingerprint density at radius 1 is 1.50 bits per heavy atom. The molecule has 100 valence electrons. The van der Waals surface area contributed by atoms with Gasteiger partial charge < -0.3 is 15.4 Å². The number of urea groups is 1. The number of amides is 2. The van der Waals surface area contributed by atoms with Crippen LogP contribution in [0.25, 0.3) is 0 Å². The van der Waals surface area contributed by atoms with E-state index in [9.17, 15) is 4.79 Å². The molecule has 1 fully saturated rings. The van der Waals surface area contributed by atoms with Crippen LogP contribution in [0.2, 0.25) is 4.34 Å². The largest absolute Gasteiger partial charge is 0.381 e. The molecule has 1 atom stereocenters. The zero-order valence-corrected chi connectivity index (χ0v) is 11.6. The highest BCUT2D eigenvalue weighted by atomic mass is 35.5. The van der Waals surface area contributed by atoms with Crippen LogP contribution in [0.1, 0.15) is 11.3 Å². The number of halogens is 1. The van der Waals surface area contributed by atoms with E-state index in [2.05, 4.69) is 10.6 Å². The van der Waals surface area contributed by atoms with Crippen LogP contribution in [0.15, 0.2) is 12.1 Å². The molecule has 1 aliphatic rings. The highest BCUT2D eigenvalue weighted by Gasteiger charge is 2.15. The summed E-state index contributed by atoms with van der Waals surface area (Å²) in [5.41, 5.74) is 0. The third-order valence-electron chi connectivity index (χ3n) is 2.86. The van der Waals surface area contributed by atoms with Gasteiger partial charge in [-0.05, 0) is 25.0 Å². The second-order valence-corrected chi connectivity index (χ2v) is 6.12. The van der Waals surface area contributed by atoms with Crippen LogP contribution in [0.3, 0.4) is 0 Å². The van der Waals surface area contributed by atoms with Crippen LogP contribution < -0.4 is 10.6 Å². The third kappa shape index (κ3) is 4.48. The van der Waals surface area contributed by atoms with Gasteiger partial charge in [-0.1, -0.05) is 11.6 Å². The predicted molar refractivity (Wildman–Crippen MR) is 73.4 cm³/mol. The lowest BCUT2D eigenvalue weighted by Crippen LogP contribution is -2.39. The molecule has 2 amide bonds. The summed E-state index contributed by atoms with van der Waals surface area (Å²) in [6.45, 7) is 2.89. The van der Waals surface area contributed by atoms with Gasteiger partial charge in [0.2, 0.25) is 0 Å². The van der Waals surface area contributed by atoms with Gasteiger partial charge in [-0.3, -0.25) is 0 Å². The van der Waals surface area contributed by atoms with Crippen LogP contribution in [-0.2, 0) is 11.2 Å². The molecule has 1 aliphatic heterocycles. The predicted octanol–water partition coefficient (Wildman–Crippen LogP) is 2.28. The van der Waals surface area contributed by atoms with Crippen molar-refractivity contribution in [3.05, 3.63) is 21.3 Å². The first kappa shape index (κ1) is 13.6. The molecule has 2 N–H and O–H groups in total. The lowest BCUT2D eigenvalue weighted by Gasteiger charge is -2.10. The number of nitrogens with one attached hydrogen (secondary N) is 2. The number of carbonyl (C=O) groups is 1. The summed E-state index contributed by atoms with van der Waals surface area (Å²) in [7, 11) is 0. The normalized spacial score (nSPS) is 18.8. The third-order valence-corrected chi connectivity index (χ3v) is 4.15. The molecular formula is C12H17ClN2O2S. The summed E-state index contributed by atoms with van der Waals surface area (Å²) in [6.07, 6.45) is 1.85. The van der Waals surface area contributed by atoms with Gasteiger partial charge in [0.05, 0.1) is 10.9 Å². The zero-order chi connectivity index (χ0) is 12.8. The fourth-order valence-electron chi connectivity index (χ4n) is 1.83. The van der Waals surface area contributed by atoms with Crippen LogP contribution in [0, 0.1) is 5.92 Å². The molecule has 0 aliphatic carbocycles. The second-order valence-electron chi connectivity index (χ2n) is 4.32. The summed E-state index contributed by atoms with van der Waals surface area (Å²) in [5.74, 6) is 0.465. The summed E-state index contributed by atoms with van der Waals surface area (Å²) in [6, 6.07) is 3.76. The van der Waals surface area contributed by atoms with E-state index in [0.717, 1.165) is 30.4 Å². The smallest absolute Gasteiger partial charge is 0.314 e. The first-order chi connectivity index (χ1) is 8.74. The molecule has 1 aromatic rings. The molecule has 0 spiro atoms. The molecule has 2 rings (SSSR count). The van der Waals surface area contributed by atoms with Crippen molar-refractivity contribution in [2.24, 2.45) is 5.92 Å². The molecule has 1 aromatic heterocycles. The number of carbonyl (C=O) groups excluding carboxylic acids is 1. The van der Waals surface area contributed by atoms with Gasteiger partial charge in [-0.15, -0.1) is 11.3 Å². The van der Waals surface area contributed by atoms with Crippen molar-refractivity contribution in [2.75, 3.05) is 26.3 Å². The molecule has 18 heavy (non-hydrogen) atoms. The molecule has 0 unspecified atom stereocenters. The zero-order valence-electron chi connectivity index (χ0n) is 10.1. The number of hydrogen-bond acceptors (Lipinski definition) is 3. The average Bonchev–Trinajstić information content (AvgIpc) is 2.98. The summed E-state index contributed by atoms with van der Waals surface area (Å²) < 4.78 is 6.04. The molecule has 0 radical (unpaired) electrons. The maximum Gasteiger partial charge on any atom is 0.314 e. The van der Waals surface area contributed by atoms with Gasteiger partial charge in [0.1, 0.15) is 0 Å². The van der Waals surface area contributed by atoms with Gasteiger partial charge in [0.15, 0.2) is 0 Å². The van der Waals surface area contributed by atoms with Crippen LogP contribution in [-0.4, -0.2) is 32.3 Å². The molecule has 0 bridgehead atoms. The molecule has 4 nitrogen and oxygen atoms in total. The molecule has 1 saturated heterocycles. The Labute approximate surface area is 116 Å². The number of hydrogen-bond donors (Lipinski definition) is 2. The minimum Gasteiger partial charge on any atom is -0.381 e. The monoisotopic (exact) mass is 288 g/mol. The first-order valence-electron chi connectivity index (χ1n) is 6.07. The van der Waals surface area contributed by atoms with Gasteiger partial charge in [-0.2, -0.15) is 0 Å². The van der Waals surface area contributed by atoms with Crippen molar-refractivity contribution in [1.29, 1.82) is 0 Å². The maximum atomic E-state index is 11.5. The fraction of sp³-hybridized carbons (Fsp3) is 0.583. The lowest BCUT2D eigenvalue weighted by molar-refractivity contribution is 0.185. The van der Waals surface area contributed by atoms with Crippen LogP contribution in [0.5, 0.6) is 0 Å². The van der Waals surface area contributed by atoms with Crippen molar-refractivity contribution in [3.63, 3.8) is 0 Å². The van der Waals surface area contributed by atoms with Crippen LogP contribution in [0.4, 0.5) is 4.79 Å². The molecule has 0 saturated carbocycles. The van der Waals surface area contributed by atoms with Crippen molar-refractivity contribution in [2.45, 2.75) is 12.8 Å².